The fourth-order valence-corrected chi connectivity index (χ4v) is 0.806. The number of nitrogens with two attached hydrogens (primary N) is 1. The van der Waals surface area contributed by atoms with Crippen LogP contribution in [0.25, 0.3) is 0 Å². The third kappa shape index (κ3) is 3.27. The smallest absolute Gasteiger partial charge is 0.262 e. The van der Waals surface area contributed by atoms with Crippen molar-refractivity contribution in [1.82, 2.24) is 9.99 Å². The molecule has 5 nitrogen and oxygen atoms in total. The number of H-pyrrole nitrogens is 1. The van der Waals surface area contributed by atoms with E-state index >= 15 is 0 Å². The molecule has 0 saturated carbocycles. The minimum atomic E-state index is -0.240. The van der Waals surface area contributed by atoms with Crippen molar-refractivity contribution in [3.63, 3.8) is 0 Å². The summed E-state index contributed by atoms with van der Waals surface area (Å²) in [5, 5.41) is 1.01. The molecule has 0 aromatic carbocycles. The van der Waals surface area contributed by atoms with Crippen LogP contribution in [0.4, 0.5) is 0 Å². The van der Waals surface area contributed by atoms with Crippen molar-refractivity contribution in [3.05, 3.63) is 24.0 Å². The van der Waals surface area contributed by atoms with Gasteiger partial charge in [0.2, 0.25) is 0 Å². The number of aromatic amines is 1. The summed E-state index contributed by atoms with van der Waals surface area (Å²) in [6.45, 7) is 0.432. The Bertz CT molecular complexity index is 256. The molecule has 0 atom stereocenters. The first-order valence-corrected chi connectivity index (χ1v) is 3.91. The largest absolute Gasteiger partial charge is 0.367 e. The number of likely N-dealkylation sites (N-methyl/N-ethyl adjacent to an activating group) is 1. The van der Waals surface area contributed by atoms with Crippen molar-refractivity contribution in [1.29, 1.82) is 0 Å². The minimum Gasteiger partial charge on any atom is -0.367 e. The SMILES string of the molecule is CN(N)C(=O)COCc1cc[nH]c1. The third-order valence-electron chi connectivity index (χ3n) is 1.55. The zero-order valence-corrected chi connectivity index (χ0v) is 7.49. The molecule has 1 aromatic rings. The van der Waals surface area contributed by atoms with Crippen LogP contribution in [0, 0.1) is 0 Å². The molecule has 1 heterocycles. The maximum atomic E-state index is 10.9. The fraction of sp³-hybridized carbons (Fsp3) is 0.375. The molecule has 0 fully saturated rings. The Morgan fingerprint density at radius 1 is 1.77 bits per heavy atom. The zero-order valence-electron chi connectivity index (χ0n) is 7.49. The molecule has 5 heteroatoms. The molecule has 0 aliphatic rings. The van der Waals surface area contributed by atoms with Crippen LogP contribution in [0.3, 0.4) is 0 Å². The Balaban J connectivity index is 2.18. The summed E-state index contributed by atoms with van der Waals surface area (Å²) in [6, 6.07) is 1.89. The summed E-state index contributed by atoms with van der Waals surface area (Å²) < 4.78 is 5.11. The van der Waals surface area contributed by atoms with E-state index in [1.165, 1.54) is 7.05 Å². The molecule has 3 N–H and O–H groups in total. The summed E-state index contributed by atoms with van der Waals surface area (Å²) in [4.78, 5) is 13.8. The average molecular weight is 183 g/mol. The molecule has 1 amide bonds. The molecule has 1 rings (SSSR count). The van der Waals surface area contributed by atoms with Crippen LogP contribution in [-0.4, -0.2) is 29.6 Å². The summed E-state index contributed by atoms with van der Waals surface area (Å²) in [5.74, 6) is 4.95. The highest BCUT2D eigenvalue weighted by molar-refractivity contribution is 5.76. The van der Waals surface area contributed by atoms with Gasteiger partial charge in [-0.1, -0.05) is 0 Å². The number of rotatable bonds is 4. The second-order valence-corrected chi connectivity index (χ2v) is 2.72. The van der Waals surface area contributed by atoms with Gasteiger partial charge in [-0.15, -0.1) is 0 Å². The van der Waals surface area contributed by atoms with Crippen LogP contribution < -0.4 is 5.84 Å². The van der Waals surface area contributed by atoms with Gasteiger partial charge in [0, 0.05) is 19.4 Å². The predicted molar refractivity (Wildman–Crippen MR) is 47.4 cm³/mol. The van der Waals surface area contributed by atoms with Crippen molar-refractivity contribution in [2.45, 2.75) is 6.61 Å². The lowest BCUT2D eigenvalue weighted by Crippen LogP contribution is -2.35. The van der Waals surface area contributed by atoms with Crippen LogP contribution in [0.1, 0.15) is 5.56 Å². The van der Waals surface area contributed by atoms with Crippen molar-refractivity contribution in [2.75, 3.05) is 13.7 Å². The van der Waals surface area contributed by atoms with Crippen molar-refractivity contribution in [3.8, 4) is 0 Å². The first-order valence-electron chi connectivity index (χ1n) is 3.91. The van der Waals surface area contributed by atoms with Crippen LogP contribution in [0.5, 0.6) is 0 Å². The van der Waals surface area contributed by atoms with Gasteiger partial charge < -0.3 is 9.72 Å². The highest BCUT2D eigenvalue weighted by Gasteiger charge is 2.03. The second kappa shape index (κ2) is 4.64. The summed E-state index contributed by atoms with van der Waals surface area (Å²) in [6.07, 6.45) is 3.62. The molecular weight excluding hydrogens is 170 g/mol. The van der Waals surface area contributed by atoms with E-state index in [1.807, 2.05) is 12.3 Å². The number of hydrogen-bond donors (Lipinski definition) is 2. The van der Waals surface area contributed by atoms with E-state index < -0.39 is 0 Å². The van der Waals surface area contributed by atoms with Gasteiger partial charge in [0.25, 0.3) is 5.91 Å². The van der Waals surface area contributed by atoms with Gasteiger partial charge in [0.05, 0.1) is 6.61 Å². The van der Waals surface area contributed by atoms with Crippen LogP contribution >= 0.6 is 0 Å². The average Bonchev–Trinajstić information content (AvgIpc) is 2.56. The molecule has 0 bridgehead atoms. The number of nitrogens with one attached hydrogen (secondary N) is 1. The minimum absolute atomic E-state index is 0.0121. The van der Waals surface area contributed by atoms with Gasteiger partial charge in [-0.05, 0) is 11.6 Å². The van der Waals surface area contributed by atoms with E-state index in [4.69, 9.17) is 10.6 Å². The van der Waals surface area contributed by atoms with Gasteiger partial charge in [-0.3, -0.25) is 9.80 Å². The number of carbonyl (C=O) groups excluding carboxylic acids is 1. The molecule has 13 heavy (non-hydrogen) atoms. The van der Waals surface area contributed by atoms with Gasteiger partial charge in [0.15, 0.2) is 0 Å². The van der Waals surface area contributed by atoms with Gasteiger partial charge >= 0.3 is 0 Å². The van der Waals surface area contributed by atoms with Gasteiger partial charge in [0.1, 0.15) is 6.61 Å². The summed E-state index contributed by atoms with van der Waals surface area (Å²) >= 11 is 0. The lowest BCUT2D eigenvalue weighted by Gasteiger charge is -2.09. The second-order valence-electron chi connectivity index (χ2n) is 2.72. The lowest BCUT2D eigenvalue weighted by molar-refractivity contribution is -0.135. The first-order chi connectivity index (χ1) is 6.20. The summed E-state index contributed by atoms with van der Waals surface area (Å²) in [7, 11) is 1.49. The Morgan fingerprint density at radius 3 is 3.08 bits per heavy atom. The number of carbonyl (C=O) groups is 1. The molecule has 72 valence electrons. The quantitative estimate of drug-likeness (QED) is 0.388. The predicted octanol–water partition coefficient (Wildman–Crippen LogP) is -0.137. The Kier molecular flexibility index (Phi) is 3.48. The van der Waals surface area contributed by atoms with Gasteiger partial charge in [-0.25, -0.2) is 5.84 Å². The van der Waals surface area contributed by atoms with Crippen LogP contribution in [0.2, 0.25) is 0 Å². The molecule has 1 aromatic heterocycles. The number of nitrogens with zero attached hydrogens (tertiary/aromatic N) is 1. The topological polar surface area (TPSA) is 71.3 Å². The lowest BCUT2D eigenvalue weighted by atomic mass is 10.4. The molecule has 0 aliphatic heterocycles. The normalized spacial score (nSPS) is 10.0. The van der Waals surface area contributed by atoms with Crippen molar-refractivity contribution in [2.24, 2.45) is 5.84 Å². The Hall–Kier alpha value is -1.33. The fourth-order valence-electron chi connectivity index (χ4n) is 0.806. The van der Waals surface area contributed by atoms with Crippen molar-refractivity contribution >= 4 is 5.91 Å². The van der Waals surface area contributed by atoms with E-state index in [0.717, 1.165) is 10.6 Å². The number of hydrazine groups is 1. The molecule has 0 radical (unpaired) electrons. The van der Waals surface area contributed by atoms with Crippen LogP contribution in [0.15, 0.2) is 18.5 Å². The molecular formula is C8H13N3O2. The Morgan fingerprint density at radius 2 is 2.54 bits per heavy atom. The van der Waals surface area contributed by atoms with Crippen LogP contribution in [-0.2, 0) is 16.1 Å². The van der Waals surface area contributed by atoms with E-state index in [9.17, 15) is 4.79 Å². The first kappa shape index (κ1) is 9.76. The number of ether oxygens (including phenoxy) is 1. The van der Waals surface area contributed by atoms with Gasteiger partial charge in [-0.2, -0.15) is 0 Å². The maximum Gasteiger partial charge on any atom is 0.262 e. The monoisotopic (exact) mass is 183 g/mol. The molecule has 0 aliphatic carbocycles. The van der Waals surface area contributed by atoms with E-state index in [2.05, 4.69) is 4.98 Å². The van der Waals surface area contributed by atoms with E-state index in [1.54, 1.807) is 6.20 Å². The Labute approximate surface area is 76.4 Å². The molecule has 0 spiro atoms. The zero-order chi connectivity index (χ0) is 9.68. The van der Waals surface area contributed by atoms with E-state index in [0.29, 0.717) is 6.61 Å². The third-order valence-corrected chi connectivity index (χ3v) is 1.55. The number of aromatic nitrogens is 1. The highest BCUT2D eigenvalue weighted by Crippen LogP contribution is 1.98. The van der Waals surface area contributed by atoms with Crippen molar-refractivity contribution < 1.29 is 9.53 Å². The molecule has 0 unspecified atom stereocenters. The maximum absolute atomic E-state index is 10.9. The standard InChI is InChI=1S/C8H13N3O2/c1-11(9)8(12)6-13-5-7-2-3-10-4-7/h2-4,10H,5-6,9H2,1H3. The number of hydrogen-bond acceptors (Lipinski definition) is 3. The summed E-state index contributed by atoms with van der Waals surface area (Å²) in [5.41, 5.74) is 1.01. The number of amides is 1. The molecule has 0 saturated heterocycles. The van der Waals surface area contributed by atoms with E-state index in [-0.39, 0.29) is 12.5 Å². The highest BCUT2D eigenvalue weighted by atomic mass is 16.5.